The highest BCUT2D eigenvalue weighted by atomic mass is 32.1. The molecule has 0 aromatic carbocycles. The van der Waals surface area contributed by atoms with E-state index in [4.69, 9.17) is 0 Å². The SMILES string of the molecule is CCc1c(C)nc(-n2nc(C3CC3)cc2NC(=O)c2cccs2)[nH]c1=O. The Bertz CT molecular complexity index is 1010. The van der Waals surface area contributed by atoms with E-state index in [-0.39, 0.29) is 11.5 Å². The van der Waals surface area contributed by atoms with Gasteiger partial charge in [-0.1, -0.05) is 13.0 Å². The van der Waals surface area contributed by atoms with E-state index in [0.29, 0.717) is 40.2 Å². The van der Waals surface area contributed by atoms with Crippen molar-refractivity contribution in [1.29, 1.82) is 0 Å². The van der Waals surface area contributed by atoms with Crippen LogP contribution in [0.2, 0.25) is 0 Å². The minimum absolute atomic E-state index is 0.172. The minimum Gasteiger partial charge on any atom is -0.306 e. The van der Waals surface area contributed by atoms with Crippen molar-refractivity contribution in [2.45, 2.75) is 39.0 Å². The fourth-order valence-corrected chi connectivity index (χ4v) is 3.55. The van der Waals surface area contributed by atoms with Crippen molar-refractivity contribution in [2.24, 2.45) is 0 Å². The molecular weight excluding hydrogens is 350 g/mol. The lowest BCUT2D eigenvalue weighted by Crippen LogP contribution is -2.21. The van der Waals surface area contributed by atoms with E-state index in [2.05, 4.69) is 20.4 Å². The first-order valence-electron chi connectivity index (χ1n) is 8.61. The van der Waals surface area contributed by atoms with Crippen LogP contribution in [-0.2, 0) is 6.42 Å². The number of H-pyrrole nitrogens is 1. The lowest BCUT2D eigenvalue weighted by Gasteiger charge is -2.09. The van der Waals surface area contributed by atoms with E-state index >= 15 is 0 Å². The van der Waals surface area contributed by atoms with Crippen LogP contribution in [0, 0.1) is 6.92 Å². The Morgan fingerprint density at radius 1 is 1.46 bits per heavy atom. The number of nitrogens with one attached hydrogen (secondary N) is 2. The molecule has 4 rings (SSSR count). The summed E-state index contributed by atoms with van der Waals surface area (Å²) < 4.78 is 1.52. The fraction of sp³-hybridized carbons (Fsp3) is 0.333. The Balaban J connectivity index is 1.75. The molecule has 1 saturated carbocycles. The van der Waals surface area contributed by atoms with E-state index in [1.807, 2.05) is 31.4 Å². The average Bonchev–Trinajstić information content (AvgIpc) is 3.15. The monoisotopic (exact) mass is 369 g/mol. The first-order chi connectivity index (χ1) is 12.6. The lowest BCUT2D eigenvalue weighted by molar-refractivity contribution is 0.103. The van der Waals surface area contributed by atoms with Crippen molar-refractivity contribution in [3.05, 3.63) is 55.8 Å². The van der Waals surface area contributed by atoms with Crippen molar-refractivity contribution in [2.75, 3.05) is 5.32 Å². The third-order valence-corrected chi connectivity index (χ3v) is 5.34. The van der Waals surface area contributed by atoms with Crippen molar-refractivity contribution in [3.8, 4) is 5.95 Å². The molecule has 8 heteroatoms. The van der Waals surface area contributed by atoms with Crippen LogP contribution in [0.3, 0.4) is 0 Å². The van der Waals surface area contributed by atoms with Gasteiger partial charge in [-0.15, -0.1) is 11.3 Å². The third-order valence-electron chi connectivity index (χ3n) is 4.47. The maximum atomic E-state index is 12.5. The number of hydrogen-bond acceptors (Lipinski definition) is 5. The summed E-state index contributed by atoms with van der Waals surface area (Å²) in [7, 11) is 0. The zero-order chi connectivity index (χ0) is 18.3. The highest BCUT2D eigenvalue weighted by molar-refractivity contribution is 7.12. The summed E-state index contributed by atoms with van der Waals surface area (Å²) in [6, 6.07) is 5.47. The van der Waals surface area contributed by atoms with Crippen molar-refractivity contribution in [3.63, 3.8) is 0 Å². The second-order valence-corrected chi connectivity index (χ2v) is 7.33. The maximum Gasteiger partial charge on any atom is 0.266 e. The van der Waals surface area contributed by atoms with Gasteiger partial charge in [0, 0.05) is 23.2 Å². The Morgan fingerprint density at radius 2 is 2.27 bits per heavy atom. The predicted molar refractivity (Wildman–Crippen MR) is 100 cm³/mol. The molecule has 26 heavy (non-hydrogen) atoms. The standard InChI is InChI=1S/C18H19N5O2S/c1-3-12-10(2)19-18(21-16(12)24)23-15(9-13(22-23)11-6-7-11)20-17(25)14-5-4-8-26-14/h4-5,8-9,11H,3,6-7H2,1-2H3,(H,20,25)(H,19,21,24). The van der Waals surface area contributed by atoms with Gasteiger partial charge in [-0.25, -0.2) is 4.98 Å². The quantitative estimate of drug-likeness (QED) is 0.723. The predicted octanol–water partition coefficient (Wildman–Crippen LogP) is 3.02. The summed E-state index contributed by atoms with van der Waals surface area (Å²) in [5.74, 6) is 1.04. The highest BCUT2D eigenvalue weighted by Crippen LogP contribution is 2.40. The van der Waals surface area contributed by atoms with Crippen molar-refractivity contribution < 1.29 is 4.79 Å². The van der Waals surface area contributed by atoms with Crippen LogP contribution >= 0.6 is 11.3 Å². The van der Waals surface area contributed by atoms with Crippen LogP contribution in [0.5, 0.6) is 0 Å². The molecule has 0 saturated heterocycles. The number of thiophene rings is 1. The molecule has 3 aromatic heterocycles. The van der Waals surface area contributed by atoms with E-state index in [1.165, 1.54) is 16.0 Å². The molecule has 3 aromatic rings. The number of rotatable bonds is 5. The van der Waals surface area contributed by atoms with E-state index in [0.717, 1.165) is 18.5 Å². The highest BCUT2D eigenvalue weighted by Gasteiger charge is 2.28. The van der Waals surface area contributed by atoms with E-state index in [1.54, 1.807) is 6.07 Å². The second kappa shape index (κ2) is 6.53. The molecule has 0 bridgehead atoms. The third kappa shape index (κ3) is 3.08. The van der Waals surface area contributed by atoms with Gasteiger partial charge in [-0.3, -0.25) is 14.6 Å². The fourth-order valence-electron chi connectivity index (χ4n) is 2.93. The molecule has 1 fully saturated rings. The summed E-state index contributed by atoms with van der Waals surface area (Å²) in [5, 5.41) is 9.33. The van der Waals surface area contributed by atoms with Gasteiger partial charge in [0.05, 0.1) is 10.6 Å². The average molecular weight is 369 g/mol. The largest absolute Gasteiger partial charge is 0.306 e. The summed E-state index contributed by atoms with van der Waals surface area (Å²) in [6.45, 7) is 3.73. The first-order valence-corrected chi connectivity index (χ1v) is 9.49. The van der Waals surface area contributed by atoms with Crippen LogP contribution < -0.4 is 10.9 Å². The number of nitrogens with zero attached hydrogens (tertiary/aromatic N) is 3. The first kappa shape index (κ1) is 16.7. The van der Waals surface area contributed by atoms with E-state index in [9.17, 15) is 9.59 Å². The Morgan fingerprint density at radius 3 is 2.88 bits per heavy atom. The molecule has 134 valence electrons. The number of hydrogen-bond donors (Lipinski definition) is 2. The van der Waals surface area contributed by atoms with Gasteiger partial charge < -0.3 is 5.32 Å². The lowest BCUT2D eigenvalue weighted by atomic mass is 10.2. The molecule has 3 heterocycles. The van der Waals surface area contributed by atoms with Crippen molar-refractivity contribution in [1.82, 2.24) is 19.7 Å². The van der Waals surface area contributed by atoms with Crippen LogP contribution in [0.1, 0.15) is 52.3 Å². The number of anilines is 1. The zero-order valence-corrected chi connectivity index (χ0v) is 15.4. The molecular formula is C18H19N5O2S. The van der Waals surface area contributed by atoms with Gasteiger partial charge in [0.25, 0.3) is 11.5 Å². The van der Waals surface area contributed by atoms with Gasteiger partial charge in [-0.2, -0.15) is 9.78 Å². The molecule has 0 aliphatic heterocycles. The van der Waals surface area contributed by atoms with Gasteiger partial charge in [0.2, 0.25) is 5.95 Å². The van der Waals surface area contributed by atoms with Crippen LogP contribution in [0.15, 0.2) is 28.4 Å². The molecule has 0 radical (unpaired) electrons. The number of carbonyl (C=O) groups excluding carboxylic acids is 1. The Kier molecular flexibility index (Phi) is 4.20. The van der Waals surface area contributed by atoms with Gasteiger partial charge >= 0.3 is 0 Å². The van der Waals surface area contributed by atoms with E-state index < -0.39 is 0 Å². The zero-order valence-electron chi connectivity index (χ0n) is 14.6. The molecule has 7 nitrogen and oxygen atoms in total. The molecule has 0 atom stereocenters. The molecule has 0 unspecified atom stereocenters. The minimum atomic E-state index is -0.201. The number of aromatic amines is 1. The normalized spacial score (nSPS) is 13.8. The molecule has 2 N–H and O–H groups in total. The summed E-state index contributed by atoms with van der Waals surface area (Å²) in [6.07, 6.45) is 2.79. The molecule has 0 spiro atoms. The maximum absolute atomic E-state index is 12.5. The second-order valence-electron chi connectivity index (χ2n) is 6.38. The van der Waals surface area contributed by atoms with Crippen molar-refractivity contribution >= 4 is 23.1 Å². The molecule has 1 aliphatic carbocycles. The van der Waals surface area contributed by atoms with Crippen LogP contribution in [0.25, 0.3) is 5.95 Å². The van der Waals surface area contributed by atoms with Crippen LogP contribution in [0.4, 0.5) is 5.82 Å². The number of amides is 1. The van der Waals surface area contributed by atoms with Gasteiger partial charge in [0.1, 0.15) is 5.82 Å². The molecule has 1 aliphatic rings. The summed E-state index contributed by atoms with van der Waals surface area (Å²) in [4.78, 5) is 32.7. The topological polar surface area (TPSA) is 92.7 Å². The number of carbonyl (C=O) groups is 1. The summed E-state index contributed by atoms with van der Waals surface area (Å²) >= 11 is 1.37. The molecule has 1 amide bonds. The Labute approximate surface area is 154 Å². The number of aromatic nitrogens is 4. The van der Waals surface area contributed by atoms with Crippen LogP contribution in [-0.4, -0.2) is 25.7 Å². The Hall–Kier alpha value is -2.74. The van der Waals surface area contributed by atoms with Gasteiger partial charge in [-0.05, 0) is 37.6 Å². The summed E-state index contributed by atoms with van der Waals surface area (Å²) in [5.41, 5.74) is 2.07. The smallest absolute Gasteiger partial charge is 0.266 e. The van der Waals surface area contributed by atoms with Gasteiger partial charge in [0.15, 0.2) is 0 Å². The number of aryl methyl sites for hydroxylation is 1.